The number of hydrogen-bond donors (Lipinski definition) is 3. The number of ether oxygens (including phenoxy) is 1. The topological polar surface area (TPSA) is 87.8 Å². The Kier molecular flexibility index (Phi) is 8.30. The Hall–Kier alpha value is -3.33. The molecule has 3 aromatic carbocycles. The standard InChI is InChI=1S/C28H31F2N3O3/c1-2-18-8-9-20-16-36-17-25(24(20)12-18)32-15-27(34)26(13-19-10-21(29)14-22(30)11-19)33(28(31)35)23-6-4-3-5-7-23/h3-12,14,25-27,32,34H,2,13,15-17H2,1H3,(H2,31,35)/t25?,26-,27+/m0/s1. The van der Waals surface area contributed by atoms with Crippen molar-refractivity contribution in [3.8, 4) is 0 Å². The Balaban J connectivity index is 1.60. The van der Waals surface area contributed by atoms with Gasteiger partial charge in [0, 0.05) is 18.3 Å². The number of urea groups is 1. The number of hydrogen-bond acceptors (Lipinski definition) is 4. The first-order chi connectivity index (χ1) is 17.4. The van der Waals surface area contributed by atoms with Gasteiger partial charge in [-0.25, -0.2) is 13.6 Å². The molecule has 36 heavy (non-hydrogen) atoms. The molecule has 1 aliphatic rings. The number of anilines is 1. The maximum Gasteiger partial charge on any atom is 0.319 e. The van der Waals surface area contributed by atoms with Gasteiger partial charge in [0.2, 0.25) is 0 Å². The molecule has 2 amide bonds. The van der Waals surface area contributed by atoms with Crippen LogP contribution in [-0.4, -0.2) is 36.4 Å². The van der Waals surface area contributed by atoms with Crippen molar-refractivity contribution < 1.29 is 23.4 Å². The molecule has 4 N–H and O–H groups in total. The minimum atomic E-state index is -1.11. The predicted octanol–water partition coefficient (Wildman–Crippen LogP) is 4.25. The molecule has 0 saturated heterocycles. The first-order valence-electron chi connectivity index (χ1n) is 12.0. The number of aliphatic hydroxyl groups excluding tert-OH is 1. The van der Waals surface area contributed by atoms with Crippen molar-refractivity contribution in [2.24, 2.45) is 5.73 Å². The van der Waals surface area contributed by atoms with Crippen LogP contribution in [0.3, 0.4) is 0 Å². The zero-order valence-electron chi connectivity index (χ0n) is 20.2. The lowest BCUT2D eigenvalue weighted by molar-refractivity contribution is 0.0723. The Bertz CT molecular complexity index is 1170. The molecule has 0 fully saturated rings. The number of carbonyl (C=O) groups excluding carboxylic acids is 1. The lowest BCUT2D eigenvalue weighted by Crippen LogP contribution is -2.54. The van der Waals surface area contributed by atoms with Crippen molar-refractivity contribution in [2.45, 2.75) is 44.6 Å². The maximum atomic E-state index is 13.9. The van der Waals surface area contributed by atoms with Crippen molar-refractivity contribution in [1.82, 2.24) is 5.32 Å². The van der Waals surface area contributed by atoms with Gasteiger partial charge in [0.1, 0.15) is 11.6 Å². The van der Waals surface area contributed by atoms with Crippen molar-refractivity contribution in [1.29, 1.82) is 0 Å². The first kappa shape index (κ1) is 25.8. The number of rotatable bonds is 9. The number of nitrogens with one attached hydrogen (secondary N) is 1. The molecular weight excluding hydrogens is 464 g/mol. The van der Waals surface area contributed by atoms with E-state index in [1.54, 1.807) is 30.3 Å². The average molecular weight is 496 g/mol. The number of fused-ring (bicyclic) bond motifs is 1. The second kappa shape index (κ2) is 11.6. The predicted molar refractivity (Wildman–Crippen MR) is 135 cm³/mol. The van der Waals surface area contributed by atoms with Crippen LogP contribution in [-0.2, 0) is 24.2 Å². The Morgan fingerprint density at radius 2 is 1.83 bits per heavy atom. The molecule has 3 atom stereocenters. The van der Waals surface area contributed by atoms with Crippen molar-refractivity contribution in [3.63, 3.8) is 0 Å². The fraction of sp³-hybridized carbons (Fsp3) is 0.321. The minimum absolute atomic E-state index is 0.00685. The van der Waals surface area contributed by atoms with E-state index in [4.69, 9.17) is 10.5 Å². The summed E-state index contributed by atoms with van der Waals surface area (Å²) in [5.41, 5.74) is 9.93. The lowest BCUT2D eigenvalue weighted by Gasteiger charge is -2.35. The zero-order chi connectivity index (χ0) is 25.7. The average Bonchev–Trinajstić information content (AvgIpc) is 2.86. The number of primary amides is 1. The van der Waals surface area contributed by atoms with Crippen molar-refractivity contribution >= 4 is 11.7 Å². The van der Waals surface area contributed by atoms with Crippen LogP contribution in [0.1, 0.15) is 35.2 Å². The zero-order valence-corrected chi connectivity index (χ0v) is 20.2. The smallest absolute Gasteiger partial charge is 0.319 e. The summed E-state index contributed by atoms with van der Waals surface area (Å²) in [6.07, 6.45) is -0.211. The fourth-order valence-electron chi connectivity index (χ4n) is 4.71. The number of aryl methyl sites for hydroxylation is 1. The fourth-order valence-corrected chi connectivity index (χ4v) is 4.71. The van der Waals surface area contributed by atoms with Gasteiger partial charge in [0.25, 0.3) is 0 Å². The van der Waals surface area contributed by atoms with Crippen LogP contribution in [0.4, 0.5) is 19.3 Å². The summed E-state index contributed by atoms with van der Waals surface area (Å²) in [4.78, 5) is 13.8. The molecule has 8 heteroatoms. The summed E-state index contributed by atoms with van der Waals surface area (Å²) < 4.78 is 33.6. The molecule has 0 aromatic heterocycles. The summed E-state index contributed by atoms with van der Waals surface area (Å²) in [6.45, 7) is 3.15. The number of nitrogens with zero attached hydrogens (tertiary/aromatic N) is 1. The number of aliphatic hydroxyl groups is 1. The maximum absolute atomic E-state index is 13.9. The molecule has 0 radical (unpaired) electrons. The molecule has 0 saturated carbocycles. The van der Waals surface area contributed by atoms with E-state index in [1.165, 1.54) is 22.6 Å². The van der Waals surface area contributed by atoms with Crippen molar-refractivity contribution in [2.75, 3.05) is 18.1 Å². The molecule has 0 aliphatic carbocycles. The number of amides is 2. The summed E-state index contributed by atoms with van der Waals surface area (Å²) >= 11 is 0. The highest BCUT2D eigenvalue weighted by atomic mass is 19.1. The van der Waals surface area contributed by atoms with Crippen LogP contribution in [0.5, 0.6) is 0 Å². The number of benzene rings is 3. The van der Waals surface area contributed by atoms with Crippen LogP contribution in [0.25, 0.3) is 0 Å². The third kappa shape index (κ3) is 6.07. The second-order valence-corrected chi connectivity index (χ2v) is 9.02. The summed E-state index contributed by atoms with van der Waals surface area (Å²) in [5.74, 6) is -1.46. The van der Waals surface area contributed by atoms with Crippen molar-refractivity contribution in [3.05, 3.63) is 101 Å². The largest absolute Gasteiger partial charge is 0.390 e. The van der Waals surface area contributed by atoms with E-state index in [0.29, 0.717) is 24.5 Å². The van der Waals surface area contributed by atoms with E-state index in [9.17, 15) is 18.7 Å². The van der Waals surface area contributed by atoms with Gasteiger partial charge in [-0.15, -0.1) is 0 Å². The quantitative estimate of drug-likeness (QED) is 0.414. The summed E-state index contributed by atoms with van der Waals surface area (Å²) in [7, 11) is 0. The lowest BCUT2D eigenvalue weighted by atomic mass is 9.94. The Labute approximate surface area is 209 Å². The van der Waals surface area contributed by atoms with E-state index in [0.717, 1.165) is 23.6 Å². The number of nitrogens with two attached hydrogens (primary N) is 1. The van der Waals surface area contributed by atoms with E-state index in [2.05, 4.69) is 30.4 Å². The van der Waals surface area contributed by atoms with Gasteiger partial charge in [-0.1, -0.05) is 43.3 Å². The van der Waals surface area contributed by atoms with Gasteiger partial charge < -0.3 is 20.9 Å². The molecule has 1 unspecified atom stereocenters. The highest BCUT2D eigenvalue weighted by Crippen LogP contribution is 2.27. The van der Waals surface area contributed by atoms with E-state index < -0.39 is 29.8 Å². The van der Waals surface area contributed by atoms with E-state index in [-0.39, 0.29) is 19.0 Å². The molecule has 0 spiro atoms. The normalized spacial score (nSPS) is 16.7. The Morgan fingerprint density at radius 3 is 2.50 bits per heavy atom. The third-order valence-electron chi connectivity index (χ3n) is 6.52. The summed E-state index contributed by atoms with van der Waals surface area (Å²) in [5, 5.41) is 14.7. The molecular formula is C28H31F2N3O3. The molecule has 0 bridgehead atoms. The van der Waals surface area contributed by atoms with Crippen LogP contribution >= 0.6 is 0 Å². The monoisotopic (exact) mass is 495 g/mol. The van der Waals surface area contributed by atoms with E-state index >= 15 is 0 Å². The van der Waals surface area contributed by atoms with Crippen LogP contribution in [0.2, 0.25) is 0 Å². The van der Waals surface area contributed by atoms with Gasteiger partial charge in [-0.3, -0.25) is 4.90 Å². The van der Waals surface area contributed by atoms with Crippen LogP contribution < -0.4 is 16.0 Å². The molecule has 190 valence electrons. The second-order valence-electron chi connectivity index (χ2n) is 9.02. The van der Waals surface area contributed by atoms with Gasteiger partial charge >= 0.3 is 6.03 Å². The van der Waals surface area contributed by atoms with Crippen LogP contribution in [0.15, 0.2) is 66.7 Å². The third-order valence-corrected chi connectivity index (χ3v) is 6.52. The number of halogens is 2. The highest BCUT2D eigenvalue weighted by Gasteiger charge is 2.32. The molecule has 1 aliphatic heterocycles. The molecule has 3 aromatic rings. The van der Waals surface area contributed by atoms with Gasteiger partial charge in [0.15, 0.2) is 0 Å². The molecule has 4 rings (SSSR count). The molecule has 6 nitrogen and oxygen atoms in total. The number of para-hydroxylation sites is 1. The summed E-state index contributed by atoms with van der Waals surface area (Å²) in [6, 6.07) is 16.3. The minimum Gasteiger partial charge on any atom is -0.390 e. The highest BCUT2D eigenvalue weighted by molar-refractivity contribution is 5.91. The first-order valence-corrected chi connectivity index (χ1v) is 12.0. The van der Waals surface area contributed by atoms with Crippen LogP contribution in [0, 0.1) is 11.6 Å². The SMILES string of the molecule is CCc1ccc2c(c1)C(NC[C@@H](O)[C@H](Cc1cc(F)cc(F)c1)N(C(N)=O)c1ccccc1)COC2. The van der Waals surface area contributed by atoms with E-state index in [1.807, 2.05) is 0 Å². The number of carbonyl (C=O) groups is 1. The van der Waals surface area contributed by atoms with Gasteiger partial charge in [-0.05, 0) is 59.4 Å². The molecule has 1 heterocycles. The van der Waals surface area contributed by atoms with Gasteiger partial charge in [0.05, 0.1) is 31.4 Å². The van der Waals surface area contributed by atoms with Gasteiger partial charge in [-0.2, -0.15) is 0 Å². The Morgan fingerprint density at radius 1 is 1.11 bits per heavy atom.